The van der Waals surface area contributed by atoms with Gasteiger partial charge < -0.3 is 10.2 Å². The lowest BCUT2D eigenvalue weighted by Gasteiger charge is -2.11. The predicted octanol–water partition coefficient (Wildman–Crippen LogP) is -0.684. The van der Waals surface area contributed by atoms with Crippen LogP contribution in [0.5, 0.6) is 0 Å². The van der Waals surface area contributed by atoms with Crippen molar-refractivity contribution in [2.75, 3.05) is 37.9 Å². The van der Waals surface area contributed by atoms with E-state index in [-0.39, 0.29) is 0 Å². The van der Waals surface area contributed by atoms with Crippen LogP contribution in [-0.2, 0) is 0 Å². The largest absolute Gasteiger partial charge is 0.353 e. The molecule has 0 atom stereocenters. The van der Waals surface area contributed by atoms with Gasteiger partial charge in [0.1, 0.15) is 6.33 Å². The number of rotatable bonds is 6. The molecule has 102 valence electrons. The number of anilines is 2. The van der Waals surface area contributed by atoms with E-state index in [1.54, 1.807) is 23.3 Å². The van der Waals surface area contributed by atoms with Gasteiger partial charge in [0.15, 0.2) is 0 Å². The standard InChI is InChI=1S/C10H17N9/c1-18(2)5-4-13-8-14-9(17-11)16-10(15-8)19-6-3-12-7-19/h3,6-7H,4-5,11H2,1-2H3,(H2,13,14,15,16,17). The Bertz CT molecular complexity index is 508. The molecule has 0 fully saturated rings. The van der Waals surface area contributed by atoms with Gasteiger partial charge in [0.25, 0.3) is 0 Å². The summed E-state index contributed by atoms with van der Waals surface area (Å²) in [4.78, 5) is 18.6. The second-order valence-corrected chi connectivity index (χ2v) is 4.13. The Balaban J connectivity index is 2.16. The van der Waals surface area contributed by atoms with Crippen molar-refractivity contribution in [1.82, 2.24) is 29.4 Å². The van der Waals surface area contributed by atoms with Crippen LogP contribution in [0.2, 0.25) is 0 Å². The zero-order valence-electron chi connectivity index (χ0n) is 10.9. The van der Waals surface area contributed by atoms with Gasteiger partial charge in [-0.05, 0) is 14.1 Å². The van der Waals surface area contributed by atoms with Crippen molar-refractivity contribution < 1.29 is 0 Å². The van der Waals surface area contributed by atoms with Gasteiger partial charge in [-0.15, -0.1) is 0 Å². The Labute approximate surface area is 110 Å². The highest BCUT2D eigenvalue weighted by Gasteiger charge is 2.06. The average Bonchev–Trinajstić information content (AvgIpc) is 2.92. The quantitative estimate of drug-likeness (QED) is 0.464. The highest BCUT2D eigenvalue weighted by Crippen LogP contribution is 2.07. The summed E-state index contributed by atoms with van der Waals surface area (Å²) in [5, 5.41) is 3.12. The molecule has 0 bridgehead atoms. The molecule has 0 spiro atoms. The lowest BCUT2D eigenvalue weighted by Crippen LogP contribution is -2.22. The number of hydrogen-bond acceptors (Lipinski definition) is 8. The van der Waals surface area contributed by atoms with E-state index in [0.717, 1.165) is 13.1 Å². The monoisotopic (exact) mass is 263 g/mol. The molecule has 0 unspecified atom stereocenters. The van der Waals surface area contributed by atoms with Crippen LogP contribution in [-0.4, -0.2) is 56.6 Å². The van der Waals surface area contributed by atoms with Crippen molar-refractivity contribution in [1.29, 1.82) is 0 Å². The van der Waals surface area contributed by atoms with Gasteiger partial charge in [-0.1, -0.05) is 0 Å². The molecule has 2 rings (SSSR count). The predicted molar refractivity (Wildman–Crippen MR) is 71.8 cm³/mol. The molecule has 0 amide bonds. The number of nitrogens with zero attached hydrogens (tertiary/aromatic N) is 6. The van der Waals surface area contributed by atoms with Gasteiger partial charge in [-0.2, -0.15) is 15.0 Å². The van der Waals surface area contributed by atoms with E-state index in [1.165, 1.54) is 0 Å². The molecule has 0 saturated carbocycles. The topological polar surface area (TPSA) is 110 Å². The van der Waals surface area contributed by atoms with Gasteiger partial charge in [-0.25, -0.2) is 10.8 Å². The third kappa shape index (κ3) is 3.60. The first-order valence-electron chi connectivity index (χ1n) is 5.78. The molecule has 0 aliphatic carbocycles. The zero-order valence-corrected chi connectivity index (χ0v) is 10.9. The van der Waals surface area contributed by atoms with Crippen LogP contribution in [0.25, 0.3) is 5.95 Å². The number of nitrogens with one attached hydrogen (secondary N) is 2. The van der Waals surface area contributed by atoms with E-state index in [1.807, 2.05) is 14.1 Å². The van der Waals surface area contributed by atoms with Gasteiger partial charge >= 0.3 is 0 Å². The number of hydrazine groups is 1. The lowest BCUT2D eigenvalue weighted by molar-refractivity contribution is 0.425. The first-order chi connectivity index (χ1) is 9.19. The van der Waals surface area contributed by atoms with Crippen molar-refractivity contribution in [3.8, 4) is 5.95 Å². The maximum absolute atomic E-state index is 5.35. The number of nitrogen functional groups attached to an aromatic ring is 1. The highest BCUT2D eigenvalue weighted by atomic mass is 15.4. The highest BCUT2D eigenvalue weighted by molar-refractivity contribution is 5.37. The molecule has 0 radical (unpaired) electrons. The molecule has 2 aromatic heterocycles. The van der Waals surface area contributed by atoms with Crippen molar-refractivity contribution in [3.63, 3.8) is 0 Å². The molecule has 0 aromatic carbocycles. The van der Waals surface area contributed by atoms with Crippen LogP contribution in [0.3, 0.4) is 0 Å². The van der Waals surface area contributed by atoms with E-state index in [2.05, 4.69) is 35.6 Å². The number of nitrogens with two attached hydrogens (primary N) is 1. The minimum absolute atomic E-state index is 0.297. The van der Waals surface area contributed by atoms with Crippen LogP contribution in [0.1, 0.15) is 0 Å². The van der Waals surface area contributed by atoms with Crippen molar-refractivity contribution in [3.05, 3.63) is 18.7 Å². The molecule has 9 nitrogen and oxygen atoms in total. The summed E-state index contributed by atoms with van der Waals surface area (Å²) in [6.07, 6.45) is 5.01. The number of likely N-dealkylation sites (N-methyl/N-ethyl adjacent to an activating group) is 1. The Kier molecular flexibility index (Phi) is 4.21. The van der Waals surface area contributed by atoms with Gasteiger partial charge in [-0.3, -0.25) is 9.99 Å². The van der Waals surface area contributed by atoms with Crippen LogP contribution < -0.4 is 16.6 Å². The van der Waals surface area contributed by atoms with E-state index < -0.39 is 0 Å². The summed E-state index contributed by atoms with van der Waals surface area (Å²) >= 11 is 0. The Morgan fingerprint density at radius 1 is 1.26 bits per heavy atom. The second-order valence-electron chi connectivity index (χ2n) is 4.13. The molecule has 9 heteroatoms. The second kappa shape index (κ2) is 6.07. The smallest absolute Gasteiger partial charge is 0.243 e. The van der Waals surface area contributed by atoms with Gasteiger partial charge in [0.2, 0.25) is 17.8 Å². The molecule has 19 heavy (non-hydrogen) atoms. The van der Waals surface area contributed by atoms with E-state index >= 15 is 0 Å². The number of aromatic nitrogens is 5. The fourth-order valence-corrected chi connectivity index (χ4v) is 1.39. The van der Waals surface area contributed by atoms with Gasteiger partial charge in [0, 0.05) is 25.5 Å². The van der Waals surface area contributed by atoms with Crippen LogP contribution in [0.15, 0.2) is 18.7 Å². The molecule has 2 aromatic rings. The lowest BCUT2D eigenvalue weighted by atomic mass is 10.6. The molecule has 0 aliphatic heterocycles. The van der Waals surface area contributed by atoms with E-state index in [9.17, 15) is 0 Å². The van der Waals surface area contributed by atoms with Crippen LogP contribution in [0, 0.1) is 0 Å². The Morgan fingerprint density at radius 3 is 2.68 bits per heavy atom. The van der Waals surface area contributed by atoms with Crippen molar-refractivity contribution in [2.24, 2.45) is 5.84 Å². The summed E-state index contributed by atoms with van der Waals surface area (Å²) in [7, 11) is 4.00. The molecule has 0 aliphatic rings. The fraction of sp³-hybridized carbons (Fsp3) is 0.400. The SMILES string of the molecule is CN(C)CCNc1nc(NN)nc(-n2ccnc2)n1. The summed E-state index contributed by atoms with van der Waals surface area (Å²) in [6, 6.07) is 0. The molecule has 0 saturated heterocycles. The third-order valence-electron chi connectivity index (χ3n) is 2.33. The average molecular weight is 263 g/mol. The summed E-state index contributed by atoms with van der Waals surface area (Å²) in [5.41, 5.74) is 2.42. The Hall–Kier alpha value is -2.26. The minimum atomic E-state index is 0.297. The Morgan fingerprint density at radius 2 is 2.05 bits per heavy atom. The van der Waals surface area contributed by atoms with Crippen LogP contribution >= 0.6 is 0 Å². The number of hydrogen-bond donors (Lipinski definition) is 3. The normalized spacial score (nSPS) is 10.7. The number of imidazole rings is 1. The third-order valence-corrected chi connectivity index (χ3v) is 2.33. The maximum Gasteiger partial charge on any atom is 0.243 e. The summed E-state index contributed by atoms with van der Waals surface area (Å²) in [5.74, 6) is 6.57. The molecular weight excluding hydrogens is 246 g/mol. The van der Waals surface area contributed by atoms with E-state index in [0.29, 0.717) is 17.8 Å². The maximum atomic E-state index is 5.35. The van der Waals surface area contributed by atoms with Gasteiger partial charge in [0.05, 0.1) is 0 Å². The first kappa shape index (κ1) is 13.2. The first-order valence-corrected chi connectivity index (χ1v) is 5.78. The molecular formula is C10H17N9. The van der Waals surface area contributed by atoms with Crippen molar-refractivity contribution in [2.45, 2.75) is 0 Å². The molecule has 2 heterocycles. The summed E-state index contributed by atoms with van der Waals surface area (Å²) < 4.78 is 1.68. The van der Waals surface area contributed by atoms with E-state index in [4.69, 9.17) is 5.84 Å². The molecule has 4 N–H and O–H groups in total. The summed E-state index contributed by atoms with van der Waals surface area (Å²) in [6.45, 7) is 1.60. The minimum Gasteiger partial charge on any atom is -0.353 e. The zero-order chi connectivity index (χ0) is 13.7. The fourth-order valence-electron chi connectivity index (χ4n) is 1.39. The van der Waals surface area contributed by atoms with Crippen LogP contribution in [0.4, 0.5) is 11.9 Å². The van der Waals surface area contributed by atoms with Crippen molar-refractivity contribution >= 4 is 11.9 Å².